The van der Waals surface area contributed by atoms with Gasteiger partial charge < -0.3 is 15.2 Å². The molecule has 1 aromatic rings. The number of hydrogen-bond acceptors (Lipinski definition) is 3. The monoisotopic (exact) mass is 290 g/mol. The number of rotatable bonds is 4. The van der Waals surface area contributed by atoms with E-state index in [0.717, 1.165) is 0 Å². The molecule has 6 heteroatoms. The van der Waals surface area contributed by atoms with Crippen LogP contribution in [-0.4, -0.2) is 37.3 Å². The molecule has 0 spiro atoms. The number of anilines is 1. The molecule has 112 valence electrons. The number of carbonyl (C=O) groups is 2. The number of nitrogens with zero attached hydrogens (tertiary/aromatic N) is 1. The van der Waals surface area contributed by atoms with Crippen LogP contribution in [0.4, 0.5) is 10.5 Å². The maximum Gasteiger partial charge on any atom is 0.322 e. The third kappa shape index (κ3) is 3.34. The van der Waals surface area contributed by atoms with Gasteiger partial charge in [0.25, 0.3) is 0 Å². The maximum atomic E-state index is 12.2. The number of carboxylic acid groups (broad SMARTS) is 1. The summed E-state index contributed by atoms with van der Waals surface area (Å²) in [6, 6.07) is 6.62. The number of nitrogens with one attached hydrogen (secondary N) is 1. The van der Waals surface area contributed by atoms with Gasteiger partial charge in [0.2, 0.25) is 0 Å². The van der Waals surface area contributed by atoms with E-state index in [-0.39, 0.29) is 12.1 Å². The zero-order chi connectivity index (χ0) is 15.4. The SMILES string of the molecule is COc1ccccc1N(C)C(=O)NC1C=CC(C(=O)O)C1. The van der Waals surface area contributed by atoms with Crippen LogP contribution in [0.25, 0.3) is 0 Å². The topological polar surface area (TPSA) is 78.9 Å². The van der Waals surface area contributed by atoms with Gasteiger partial charge >= 0.3 is 12.0 Å². The Morgan fingerprint density at radius 1 is 1.33 bits per heavy atom. The summed E-state index contributed by atoms with van der Waals surface area (Å²) in [6.45, 7) is 0. The van der Waals surface area contributed by atoms with Crippen LogP contribution in [0.15, 0.2) is 36.4 Å². The highest BCUT2D eigenvalue weighted by Gasteiger charge is 2.26. The van der Waals surface area contributed by atoms with Crippen LogP contribution in [0.2, 0.25) is 0 Å². The van der Waals surface area contributed by atoms with Crippen LogP contribution in [0, 0.1) is 5.92 Å². The van der Waals surface area contributed by atoms with Crippen molar-refractivity contribution in [2.24, 2.45) is 5.92 Å². The molecule has 2 rings (SSSR count). The molecule has 0 fully saturated rings. The Balaban J connectivity index is 2.01. The van der Waals surface area contributed by atoms with Crippen molar-refractivity contribution in [2.45, 2.75) is 12.5 Å². The van der Waals surface area contributed by atoms with Crippen molar-refractivity contribution < 1.29 is 19.4 Å². The number of hydrogen-bond donors (Lipinski definition) is 2. The van der Waals surface area contributed by atoms with Crippen LogP contribution >= 0.6 is 0 Å². The zero-order valence-electron chi connectivity index (χ0n) is 11.9. The molecule has 0 radical (unpaired) electrons. The molecule has 0 saturated heterocycles. The lowest BCUT2D eigenvalue weighted by Gasteiger charge is -2.22. The maximum absolute atomic E-state index is 12.2. The Hall–Kier alpha value is -2.50. The number of carboxylic acids is 1. The van der Waals surface area contributed by atoms with E-state index in [1.54, 1.807) is 38.4 Å². The second-order valence-corrected chi connectivity index (χ2v) is 4.85. The summed E-state index contributed by atoms with van der Waals surface area (Å²) in [6.07, 6.45) is 3.70. The number of amides is 2. The Morgan fingerprint density at radius 2 is 2.05 bits per heavy atom. The molecule has 1 aromatic carbocycles. The van der Waals surface area contributed by atoms with Crippen LogP contribution in [-0.2, 0) is 4.79 Å². The molecular weight excluding hydrogens is 272 g/mol. The first-order valence-corrected chi connectivity index (χ1v) is 6.61. The smallest absolute Gasteiger partial charge is 0.322 e. The molecule has 21 heavy (non-hydrogen) atoms. The number of urea groups is 1. The first kappa shape index (κ1) is 14.9. The third-order valence-corrected chi connectivity index (χ3v) is 3.46. The first-order valence-electron chi connectivity index (χ1n) is 6.61. The van der Waals surface area contributed by atoms with Crippen molar-refractivity contribution >= 4 is 17.7 Å². The summed E-state index contributed by atoms with van der Waals surface area (Å²) >= 11 is 0. The number of methoxy groups -OCH3 is 1. The molecule has 2 unspecified atom stereocenters. The van der Waals surface area contributed by atoms with Gasteiger partial charge in [-0.25, -0.2) is 4.79 Å². The summed E-state index contributed by atoms with van der Waals surface area (Å²) in [7, 11) is 3.18. The number of para-hydroxylation sites is 2. The average Bonchev–Trinajstić information content (AvgIpc) is 2.95. The summed E-state index contributed by atoms with van der Waals surface area (Å²) in [5.74, 6) is -0.812. The highest BCUT2D eigenvalue weighted by atomic mass is 16.5. The minimum absolute atomic E-state index is 0.268. The van der Waals surface area contributed by atoms with E-state index >= 15 is 0 Å². The van der Waals surface area contributed by atoms with Crippen LogP contribution < -0.4 is 15.0 Å². The molecule has 1 aliphatic carbocycles. The van der Waals surface area contributed by atoms with Crippen molar-refractivity contribution in [3.8, 4) is 5.75 Å². The normalized spacial score (nSPS) is 20.1. The highest BCUT2D eigenvalue weighted by Crippen LogP contribution is 2.27. The van der Waals surface area contributed by atoms with E-state index in [2.05, 4.69) is 5.32 Å². The molecule has 0 aromatic heterocycles. The molecule has 6 nitrogen and oxygen atoms in total. The Kier molecular flexibility index (Phi) is 4.47. The van der Waals surface area contributed by atoms with Gasteiger partial charge in [0.15, 0.2) is 0 Å². The molecule has 0 heterocycles. The van der Waals surface area contributed by atoms with E-state index in [4.69, 9.17) is 9.84 Å². The molecule has 1 aliphatic rings. The largest absolute Gasteiger partial charge is 0.495 e. The van der Waals surface area contributed by atoms with Gasteiger partial charge in [-0.15, -0.1) is 0 Å². The second-order valence-electron chi connectivity index (χ2n) is 4.85. The van der Waals surface area contributed by atoms with Crippen LogP contribution in [0.5, 0.6) is 5.75 Å². The fourth-order valence-corrected chi connectivity index (χ4v) is 2.26. The van der Waals surface area contributed by atoms with Crippen molar-refractivity contribution in [1.82, 2.24) is 5.32 Å². The van der Waals surface area contributed by atoms with E-state index in [1.165, 1.54) is 4.90 Å². The summed E-state index contributed by atoms with van der Waals surface area (Å²) in [5, 5.41) is 11.7. The van der Waals surface area contributed by atoms with Crippen molar-refractivity contribution in [1.29, 1.82) is 0 Å². The lowest BCUT2D eigenvalue weighted by molar-refractivity contribution is -0.140. The highest BCUT2D eigenvalue weighted by molar-refractivity contribution is 5.93. The third-order valence-electron chi connectivity index (χ3n) is 3.46. The summed E-state index contributed by atoms with van der Waals surface area (Å²) in [4.78, 5) is 24.5. The summed E-state index contributed by atoms with van der Waals surface area (Å²) in [5.41, 5.74) is 0.647. The minimum atomic E-state index is -0.874. The van der Waals surface area contributed by atoms with Gasteiger partial charge in [-0.05, 0) is 18.6 Å². The van der Waals surface area contributed by atoms with Gasteiger partial charge in [0.1, 0.15) is 5.75 Å². The van der Waals surface area contributed by atoms with Gasteiger partial charge in [0.05, 0.1) is 24.8 Å². The Labute approximate surface area is 123 Å². The van der Waals surface area contributed by atoms with E-state index in [0.29, 0.717) is 17.9 Å². The standard InChI is InChI=1S/C15H18N2O4/c1-17(12-5-3-4-6-13(12)21-2)15(20)16-11-8-7-10(9-11)14(18)19/h3-8,10-11H,9H2,1-2H3,(H,16,20)(H,18,19). The van der Waals surface area contributed by atoms with Gasteiger partial charge in [-0.2, -0.15) is 0 Å². The molecule has 0 bridgehead atoms. The fraction of sp³-hybridized carbons (Fsp3) is 0.333. The van der Waals surface area contributed by atoms with Gasteiger partial charge in [0, 0.05) is 7.05 Å². The van der Waals surface area contributed by atoms with Crippen molar-refractivity contribution in [3.05, 3.63) is 36.4 Å². The number of carbonyl (C=O) groups excluding carboxylic acids is 1. The number of aliphatic carboxylic acids is 1. The Morgan fingerprint density at radius 3 is 2.67 bits per heavy atom. The molecule has 2 atom stereocenters. The number of ether oxygens (including phenoxy) is 1. The van der Waals surface area contributed by atoms with Crippen LogP contribution in [0.3, 0.4) is 0 Å². The van der Waals surface area contributed by atoms with E-state index in [1.807, 2.05) is 12.1 Å². The molecule has 0 aliphatic heterocycles. The van der Waals surface area contributed by atoms with Gasteiger partial charge in [-0.3, -0.25) is 9.69 Å². The summed E-state index contributed by atoms with van der Waals surface area (Å²) < 4.78 is 5.22. The lowest BCUT2D eigenvalue weighted by atomic mass is 10.1. The molecule has 2 amide bonds. The Bertz CT molecular complexity index is 571. The molecule has 2 N–H and O–H groups in total. The molecule has 0 saturated carbocycles. The molecular formula is C15H18N2O4. The average molecular weight is 290 g/mol. The van der Waals surface area contributed by atoms with Gasteiger partial charge in [-0.1, -0.05) is 24.3 Å². The quantitative estimate of drug-likeness (QED) is 0.830. The van der Waals surface area contributed by atoms with Crippen LogP contribution in [0.1, 0.15) is 6.42 Å². The minimum Gasteiger partial charge on any atom is -0.495 e. The van der Waals surface area contributed by atoms with E-state index in [9.17, 15) is 9.59 Å². The first-order chi connectivity index (χ1) is 10.0. The van der Waals surface area contributed by atoms with E-state index < -0.39 is 11.9 Å². The lowest BCUT2D eigenvalue weighted by Crippen LogP contribution is -2.42. The van der Waals surface area contributed by atoms with Crippen molar-refractivity contribution in [3.63, 3.8) is 0 Å². The number of benzene rings is 1. The predicted octanol–water partition coefficient (Wildman–Crippen LogP) is 1.87. The zero-order valence-corrected chi connectivity index (χ0v) is 11.9. The predicted molar refractivity (Wildman–Crippen MR) is 78.6 cm³/mol. The fourth-order valence-electron chi connectivity index (χ4n) is 2.26. The second kappa shape index (κ2) is 6.30. The van der Waals surface area contributed by atoms with Crippen molar-refractivity contribution in [2.75, 3.05) is 19.1 Å².